The van der Waals surface area contributed by atoms with Crippen molar-refractivity contribution in [1.82, 2.24) is 5.32 Å². The Morgan fingerprint density at radius 2 is 1.96 bits per heavy atom. The van der Waals surface area contributed by atoms with Gasteiger partial charge >= 0.3 is 5.97 Å². The average molecular weight is 349 g/mol. The molecule has 1 heterocycles. The fourth-order valence-corrected chi connectivity index (χ4v) is 2.90. The lowest BCUT2D eigenvalue weighted by molar-refractivity contribution is -0.149. The Bertz CT molecular complexity index is 574. The molecule has 0 aromatic heterocycles. The van der Waals surface area contributed by atoms with Crippen molar-refractivity contribution < 1.29 is 24.2 Å². The van der Waals surface area contributed by atoms with Crippen LogP contribution >= 0.6 is 0 Å². The molecule has 1 fully saturated rings. The lowest BCUT2D eigenvalue weighted by Gasteiger charge is -2.26. The number of carbonyl (C=O) groups excluding carboxylic acids is 1. The first-order valence-corrected chi connectivity index (χ1v) is 8.87. The van der Waals surface area contributed by atoms with Crippen LogP contribution in [0.15, 0.2) is 24.3 Å². The summed E-state index contributed by atoms with van der Waals surface area (Å²) in [6.45, 7) is 5.07. The van der Waals surface area contributed by atoms with Crippen molar-refractivity contribution in [2.45, 2.75) is 45.6 Å². The first-order valence-electron chi connectivity index (χ1n) is 8.87. The molecule has 2 N–H and O–H groups in total. The SMILES string of the molecule is CCC(CC)(CNC(=O)c1ccc(OCC2CCCO2)cc1)C(=O)O. The molecule has 0 spiro atoms. The zero-order chi connectivity index (χ0) is 18.3. The minimum Gasteiger partial charge on any atom is -0.491 e. The van der Waals surface area contributed by atoms with Crippen molar-refractivity contribution in [2.24, 2.45) is 5.41 Å². The molecule has 25 heavy (non-hydrogen) atoms. The zero-order valence-electron chi connectivity index (χ0n) is 14.9. The van der Waals surface area contributed by atoms with Crippen LogP contribution in [0.3, 0.4) is 0 Å². The highest BCUT2D eigenvalue weighted by Crippen LogP contribution is 2.26. The molecule has 138 valence electrons. The van der Waals surface area contributed by atoms with E-state index in [2.05, 4.69) is 5.32 Å². The highest BCUT2D eigenvalue weighted by molar-refractivity contribution is 5.94. The van der Waals surface area contributed by atoms with Gasteiger partial charge in [0.2, 0.25) is 0 Å². The number of carboxylic acids is 1. The fourth-order valence-electron chi connectivity index (χ4n) is 2.90. The van der Waals surface area contributed by atoms with E-state index in [-0.39, 0.29) is 18.6 Å². The molecular formula is C19H27NO5. The van der Waals surface area contributed by atoms with E-state index in [4.69, 9.17) is 9.47 Å². The van der Waals surface area contributed by atoms with Crippen LogP contribution in [0.4, 0.5) is 0 Å². The fraction of sp³-hybridized carbons (Fsp3) is 0.579. The predicted octanol–water partition coefficient (Wildman–Crippen LogP) is 2.87. The molecule has 0 radical (unpaired) electrons. The largest absolute Gasteiger partial charge is 0.491 e. The number of carboxylic acid groups (broad SMARTS) is 1. The van der Waals surface area contributed by atoms with E-state index < -0.39 is 11.4 Å². The number of aliphatic carboxylic acids is 1. The number of carbonyl (C=O) groups is 2. The number of hydrogen-bond acceptors (Lipinski definition) is 4. The molecular weight excluding hydrogens is 322 g/mol. The molecule has 1 amide bonds. The molecule has 6 heteroatoms. The van der Waals surface area contributed by atoms with Crippen molar-refractivity contribution >= 4 is 11.9 Å². The maximum atomic E-state index is 12.3. The number of benzene rings is 1. The van der Waals surface area contributed by atoms with E-state index >= 15 is 0 Å². The number of amides is 1. The highest BCUT2D eigenvalue weighted by atomic mass is 16.5. The number of rotatable bonds is 9. The van der Waals surface area contributed by atoms with Gasteiger partial charge < -0.3 is 19.9 Å². The summed E-state index contributed by atoms with van der Waals surface area (Å²) in [5.74, 6) is -0.470. The maximum Gasteiger partial charge on any atom is 0.311 e. The van der Waals surface area contributed by atoms with Crippen molar-refractivity contribution in [1.29, 1.82) is 0 Å². The monoisotopic (exact) mass is 349 g/mol. The summed E-state index contributed by atoms with van der Waals surface area (Å²) >= 11 is 0. The molecule has 1 aromatic rings. The topological polar surface area (TPSA) is 84.9 Å². The average Bonchev–Trinajstić information content (AvgIpc) is 3.15. The van der Waals surface area contributed by atoms with Gasteiger partial charge in [-0.25, -0.2) is 0 Å². The Morgan fingerprint density at radius 3 is 2.48 bits per heavy atom. The number of ether oxygens (including phenoxy) is 2. The summed E-state index contributed by atoms with van der Waals surface area (Å²) in [6, 6.07) is 6.85. The highest BCUT2D eigenvalue weighted by Gasteiger charge is 2.35. The molecule has 0 saturated carbocycles. The summed E-state index contributed by atoms with van der Waals surface area (Å²) in [5.41, 5.74) is -0.434. The molecule has 6 nitrogen and oxygen atoms in total. The van der Waals surface area contributed by atoms with E-state index in [0.29, 0.717) is 30.8 Å². The van der Waals surface area contributed by atoms with Crippen LogP contribution in [0, 0.1) is 5.41 Å². The van der Waals surface area contributed by atoms with Crippen LogP contribution in [0.2, 0.25) is 0 Å². The van der Waals surface area contributed by atoms with Gasteiger partial charge in [-0.2, -0.15) is 0 Å². The molecule has 0 aliphatic carbocycles. The van der Waals surface area contributed by atoms with Gasteiger partial charge in [-0.15, -0.1) is 0 Å². The van der Waals surface area contributed by atoms with Crippen LogP contribution in [0.5, 0.6) is 5.75 Å². The Kier molecular flexibility index (Phi) is 6.82. The molecule has 2 rings (SSSR count). The van der Waals surface area contributed by atoms with Gasteiger partial charge in [0.1, 0.15) is 12.4 Å². The first-order chi connectivity index (χ1) is 12.0. The van der Waals surface area contributed by atoms with Crippen LogP contribution in [-0.4, -0.2) is 42.8 Å². The van der Waals surface area contributed by atoms with Crippen molar-refractivity contribution in [2.75, 3.05) is 19.8 Å². The molecule has 1 unspecified atom stereocenters. The lowest BCUT2D eigenvalue weighted by atomic mass is 9.82. The minimum atomic E-state index is -0.917. The molecule has 1 saturated heterocycles. The van der Waals surface area contributed by atoms with Gasteiger partial charge in [0.15, 0.2) is 0 Å². The Hall–Kier alpha value is -2.08. The van der Waals surface area contributed by atoms with Crippen molar-refractivity contribution in [3.05, 3.63) is 29.8 Å². The molecule has 0 bridgehead atoms. The molecule has 1 aliphatic rings. The van der Waals surface area contributed by atoms with E-state index in [0.717, 1.165) is 19.4 Å². The van der Waals surface area contributed by atoms with E-state index in [1.807, 2.05) is 13.8 Å². The molecule has 1 aromatic carbocycles. The smallest absolute Gasteiger partial charge is 0.311 e. The number of hydrogen-bond donors (Lipinski definition) is 2. The zero-order valence-corrected chi connectivity index (χ0v) is 14.9. The quantitative estimate of drug-likeness (QED) is 0.716. The summed E-state index contributed by atoms with van der Waals surface area (Å²) in [6.07, 6.45) is 3.17. The Labute approximate surface area is 148 Å². The third-order valence-corrected chi connectivity index (χ3v) is 4.97. The van der Waals surface area contributed by atoms with Crippen LogP contribution in [0.25, 0.3) is 0 Å². The van der Waals surface area contributed by atoms with E-state index in [1.54, 1.807) is 24.3 Å². The van der Waals surface area contributed by atoms with Gasteiger partial charge in [-0.1, -0.05) is 13.8 Å². The summed E-state index contributed by atoms with van der Waals surface area (Å²) < 4.78 is 11.2. The number of nitrogens with one attached hydrogen (secondary N) is 1. The van der Waals surface area contributed by atoms with Crippen LogP contribution in [0.1, 0.15) is 49.9 Å². The normalized spacial score (nSPS) is 17.3. The van der Waals surface area contributed by atoms with Crippen molar-refractivity contribution in [3.8, 4) is 5.75 Å². The second kappa shape index (κ2) is 8.85. The maximum absolute atomic E-state index is 12.3. The van der Waals surface area contributed by atoms with Gasteiger partial charge in [-0.05, 0) is 49.9 Å². The second-order valence-electron chi connectivity index (χ2n) is 6.45. The predicted molar refractivity (Wildman–Crippen MR) is 93.9 cm³/mol. The Morgan fingerprint density at radius 1 is 1.28 bits per heavy atom. The van der Waals surface area contributed by atoms with Gasteiger partial charge in [-0.3, -0.25) is 9.59 Å². The standard InChI is InChI=1S/C19H27NO5/c1-3-19(4-2,18(22)23)13-20-17(21)14-7-9-15(10-8-14)25-12-16-6-5-11-24-16/h7-10,16H,3-6,11-13H2,1-2H3,(H,20,21)(H,22,23). The molecule has 1 atom stereocenters. The first kappa shape index (κ1) is 19.2. The van der Waals surface area contributed by atoms with E-state index in [9.17, 15) is 14.7 Å². The van der Waals surface area contributed by atoms with Crippen LogP contribution in [-0.2, 0) is 9.53 Å². The Balaban J connectivity index is 1.87. The molecule has 1 aliphatic heterocycles. The summed E-state index contributed by atoms with van der Waals surface area (Å²) in [4.78, 5) is 23.7. The third kappa shape index (κ3) is 4.95. The second-order valence-corrected chi connectivity index (χ2v) is 6.45. The van der Waals surface area contributed by atoms with Gasteiger partial charge in [0.05, 0.1) is 11.5 Å². The third-order valence-electron chi connectivity index (χ3n) is 4.97. The lowest BCUT2D eigenvalue weighted by Crippen LogP contribution is -2.42. The van der Waals surface area contributed by atoms with Gasteiger partial charge in [0, 0.05) is 18.7 Å². The van der Waals surface area contributed by atoms with E-state index in [1.165, 1.54) is 0 Å². The minimum absolute atomic E-state index is 0.117. The summed E-state index contributed by atoms with van der Waals surface area (Å²) in [5, 5.41) is 12.2. The summed E-state index contributed by atoms with van der Waals surface area (Å²) in [7, 11) is 0. The van der Waals surface area contributed by atoms with Gasteiger partial charge in [0.25, 0.3) is 5.91 Å². The van der Waals surface area contributed by atoms with Crippen molar-refractivity contribution in [3.63, 3.8) is 0 Å². The van der Waals surface area contributed by atoms with Crippen LogP contribution < -0.4 is 10.1 Å².